The summed E-state index contributed by atoms with van der Waals surface area (Å²) in [6.07, 6.45) is 5.86. The van der Waals surface area contributed by atoms with Crippen molar-refractivity contribution in [2.24, 2.45) is 5.41 Å². The van der Waals surface area contributed by atoms with Crippen molar-refractivity contribution in [1.29, 1.82) is 5.26 Å². The van der Waals surface area contributed by atoms with Crippen LogP contribution in [0.5, 0.6) is 0 Å². The maximum absolute atomic E-state index is 14.2. The zero-order valence-corrected chi connectivity index (χ0v) is 46.2. The quantitative estimate of drug-likeness (QED) is 0.0701. The number of piperazine rings is 1. The van der Waals surface area contributed by atoms with E-state index in [0.29, 0.717) is 30.0 Å². The molecule has 9 rings (SSSR count). The maximum atomic E-state index is 14.2. The lowest BCUT2D eigenvalue weighted by molar-refractivity contribution is -0.144. The minimum absolute atomic E-state index is 0.0154. The molecule has 402 valence electrons. The van der Waals surface area contributed by atoms with E-state index in [2.05, 4.69) is 69.4 Å². The molecule has 16 heteroatoms. The number of rotatable bonds is 16. The highest BCUT2D eigenvalue weighted by molar-refractivity contribution is 7.13. The summed E-state index contributed by atoms with van der Waals surface area (Å²) in [4.78, 5) is 85.9. The molecule has 3 aromatic carbocycles. The summed E-state index contributed by atoms with van der Waals surface area (Å²) in [6, 6.07) is 18.8. The Morgan fingerprint density at radius 1 is 0.947 bits per heavy atom. The number of anilines is 1. The van der Waals surface area contributed by atoms with Crippen molar-refractivity contribution < 1.29 is 29.1 Å². The number of aryl methyl sites for hydroxylation is 2. The first-order valence-corrected chi connectivity index (χ1v) is 28.3. The van der Waals surface area contributed by atoms with Crippen molar-refractivity contribution in [3.63, 3.8) is 0 Å². The van der Waals surface area contributed by atoms with Gasteiger partial charge in [0.2, 0.25) is 23.6 Å². The predicted octanol–water partition coefficient (Wildman–Crippen LogP) is 8.17. The number of H-pyrrole nitrogens is 1. The number of β-amino-alcohol motifs (C(OH)–C–C–N with tert-alkyl or cyclic N) is 1. The second-order valence-electron chi connectivity index (χ2n) is 23.1. The molecule has 1 aliphatic carbocycles. The zero-order chi connectivity index (χ0) is 54.1. The third-order valence-electron chi connectivity index (χ3n) is 16.5. The average molecular weight is 1050 g/mol. The number of ketones is 1. The van der Waals surface area contributed by atoms with Crippen LogP contribution in [0.25, 0.3) is 21.3 Å². The highest BCUT2D eigenvalue weighted by Crippen LogP contribution is 2.46. The summed E-state index contributed by atoms with van der Waals surface area (Å²) in [5.41, 5.74) is 10.9. The highest BCUT2D eigenvalue weighted by atomic mass is 32.1. The van der Waals surface area contributed by atoms with Gasteiger partial charge in [0.15, 0.2) is 5.78 Å². The van der Waals surface area contributed by atoms with Crippen LogP contribution < -0.4 is 15.5 Å². The van der Waals surface area contributed by atoms with Crippen LogP contribution >= 0.6 is 11.3 Å². The molecule has 1 unspecified atom stereocenters. The molecule has 4 N–H and O–H groups in total. The number of amides is 4. The first-order chi connectivity index (χ1) is 36.4. The van der Waals surface area contributed by atoms with E-state index in [1.54, 1.807) is 17.4 Å². The SMILES string of the molecule is CCc1cc2c(cc1N1CCC(N3CCN(C(=O)CCCCCCC(=O)NC(C(=O)N4C[C@H](O)C[C@H]4C(=O)NCc4ccc(-c5scnc5C)cc4)C(C)(C)C)CC3)CC1)C(C)(C)c1[nH]c3cc(C#N)ccc3c1C2=O. The topological polar surface area (TPSA) is 195 Å². The van der Waals surface area contributed by atoms with Crippen LogP contribution in [0.3, 0.4) is 0 Å². The van der Waals surface area contributed by atoms with Gasteiger partial charge >= 0.3 is 0 Å². The van der Waals surface area contributed by atoms with Gasteiger partial charge in [0.1, 0.15) is 12.1 Å². The third-order valence-corrected chi connectivity index (χ3v) is 17.5. The lowest BCUT2D eigenvalue weighted by Crippen LogP contribution is -2.57. The number of carbonyl (C=O) groups excluding carboxylic acids is 5. The number of aliphatic hydroxyl groups excluding tert-OH is 1. The summed E-state index contributed by atoms with van der Waals surface area (Å²) in [5, 5.41) is 26.9. The smallest absolute Gasteiger partial charge is 0.246 e. The van der Waals surface area contributed by atoms with Gasteiger partial charge in [0, 0.05) is 111 Å². The number of piperidine rings is 1. The number of nitriles is 1. The zero-order valence-electron chi connectivity index (χ0n) is 45.4. The number of nitrogens with one attached hydrogen (secondary N) is 3. The first kappa shape index (κ1) is 54.4. The van der Waals surface area contributed by atoms with Crippen LogP contribution in [0, 0.1) is 23.7 Å². The predicted molar refractivity (Wildman–Crippen MR) is 297 cm³/mol. The standard InChI is InChI=1S/C60H75N9O6S/c1-8-40-30-45-46(60(6,7)55-52(53(45)73)44-20-17-39(33-61)29-47(44)64-55)32-48(40)67-23-21-42(22-24-67)66-25-27-68(28-26-66)51(72)14-12-10-9-11-13-50(71)65-56(59(3,4)5)58(75)69-35-43(70)31-49(69)57(74)62-34-38-15-18-41(19-16-38)54-37(2)63-36-76-54/h15-20,29-30,32,36,42-43,49,56,64,70H,8-14,21-28,31,34-35H2,1-7H3,(H,62,74)(H,65,71)/t43-,49+,56?/m1/s1. The fourth-order valence-electron chi connectivity index (χ4n) is 12.1. The molecule has 0 spiro atoms. The Morgan fingerprint density at radius 3 is 2.32 bits per heavy atom. The molecule has 76 heavy (non-hydrogen) atoms. The van der Waals surface area contributed by atoms with Crippen molar-refractivity contribution in [2.75, 3.05) is 50.7 Å². The average Bonchev–Trinajstić information content (AvgIpc) is 4.21. The van der Waals surface area contributed by atoms with Crippen molar-refractivity contribution in [1.82, 2.24) is 35.3 Å². The number of likely N-dealkylation sites (tertiary alicyclic amines) is 1. The van der Waals surface area contributed by atoms with Gasteiger partial charge in [-0.3, -0.25) is 28.9 Å². The van der Waals surface area contributed by atoms with Crippen LogP contribution in [0.4, 0.5) is 5.69 Å². The van der Waals surface area contributed by atoms with Crippen molar-refractivity contribution in [3.8, 4) is 16.5 Å². The molecular weight excluding hydrogens is 975 g/mol. The molecule has 15 nitrogen and oxygen atoms in total. The lowest BCUT2D eigenvalue weighted by Gasteiger charge is -2.44. The fourth-order valence-corrected chi connectivity index (χ4v) is 12.9. The summed E-state index contributed by atoms with van der Waals surface area (Å²) < 4.78 is 0. The number of unbranched alkanes of at least 4 members (excludes halogenated alkanes) is 3. The number of aromatic amines is 1. The molecule has 3 atom stereocenters. The van der Waals surface area contributed by atoms with Gasteiger partial charge in [0.05, 0.1) is 39.4 Å². The summed E-state index contributed by atoms with van der Waals surface area (Å²) in [6.45, 7) is 19.4. The molecule has 4 amide bonds. The molecule has 0 bridgehead atoms. The summed E-state index contributed by atoms with van der Waals surface area (Å²) >= 11 is 1.58. The number of hydrogen-bond donors (Lipinski definition) is 4. The van der Waals surface area contributed by atoms with Gasteiger partial charge in [-0.05, 0) is 91.0 Å². The number of thiazole rings is 1. The van der Waals surface area contributed by atoms with E-state index < -0.39 is 29.0 Å². The number of hydrogen-bond acceptors (Lipinski definition) is 11. The molecule has 4 aliphatic rings. The molecule has 3 saturated heterocycles. The van der Waals surface area contributed by atoms with Crippen LogP contribution in [0.1, 0.15) is 149 Å². The van der Waals surface area contributed by atoms with Crippen molar-refractivity contribution in [2.45, 2.75) is 149 Å². The summed E-state index contributed by atoms with van der Waals surface area (Å²) in [7, 11) is 0. The fraction of sp³-hybridized carbons (Fsp3) is 0.517. The van der Waals surface area contributed by atoms with Gasteiger partial charge in [-0.15, -0.1) is 11.3 Å². The minimum atomic E-state index is -0.885. The number of aliphatic hydroxyl groups is 1. The van der Waals surface area contributed by atoms with Gasteiger partial charge in [-0.25, -0.2) is 4.98 Å². The Kier molecular flexibility index (Phi) is 16.2. The minimum Gasteiger partial charge on any atom is -0.391 e. The molecule has 0 radical (unpaired) electrons. The van der Waals surface area contributed by atoms with Crippen LogP contribution in [0.2, 0.25) is 0 Å². The molecule has 5 heterocycles. The molecule has 3 fully saturated rings. The second kappa shape index (κ2) is 22.7. The largest absolute Gasteiger partial charge is 0.391 e. The van der Waals surface area contributed by atoms with Crippen molar-refractivity contribution >= 4 is 57.3 Å². The van der Waals surface area contributed by atoms with E-state index in [1.165, 1.54) is 16.2 Å². The third kappa shape index (κ3) is 11.3. The Bertz CT molecular complexity index is 3020. The van der Waals surface area contributed by atoms with E-state index in [1.807, 2.05) is 74.5 Å². The number of aromatic nitrogens is 2. The molecule has 5 aromatic rings. The molecule has 3 aliphatic heterocycles. The molecular formula is C60H75N9O6S. The van der Waals surface area contributed by atoms with Crippen molar-refractivity contribution in [3.05, 3.63) is 105 Å². The Hall–Kier alpha value is -6.41. The van der Waals surface area contributed by atoms with E-state index in [4.69, 9.17) is 0 Å². The first-order valence-electron chi connectivity index (χ1n) is 27.5. The number of nitrogens with zero attached hydrogens (tertiary/aromatic N) is 6. The van der Waals surface area contributed by atoms with Gasteiger partial charge in [-0.2, -0.15) is 5.26 Å². The number of benzene rings is 3. The Balaban J connectivity index is 0.686. The lowest BCUT2D eigenvalue weighted by atomic mass is 9.70. The number of fused-ring (bicyclic) bond motifs is 4. The highest BCUT2D eigenvalue weighted by Gasteiger charge is 2.45. The normalized spacial score (nSPS) is 19.3. The maximum Gasteiger partial charge on any atom is 0.246 e. The molecule has 2 aromatic heterocycles. The van der Waals surface area contributed by atoms with E-state index in [9.17, 15) is 34.3 Å². The van der Waals surface area contributed by atoms with Gasteiger partial charge in [0.25, 0.3) is 0 Å². The Morgan fingerprint density at radius 2 is 1.66 bits per heavy atom. The van der Waals surface area contributed by atoms with Crippen LogP contribution in [-0.2, 0) is 37.6 Å². The van der Waals surface area contributed by atoms with Gasteiger partial charge in [-0.1, -0.05) is 84.7 Å². The molecule has 0 saturated carbocycles. The van der Waals surface area contributed by atoms with Crippen LogP contribution in [0.15, 0.2) is 60.1 Å². The second-order valence-corrected chi connectivity index (χ2v) is 23.9. The van der Waals surface area contributed by atoms with E-state index in [-0.39, 0.29) is 55.3 Å². The van der Waals surface area contributed by atoms with Gasteiger partial charge < -0.3 is 35.4 Å². The summed E-state index contributed by atoms with van der Waals surface area (Å²) in [5.74, 6) is -0.743. The van der Waals surface area contributed by atoms with E-state index in [0.717, 1.165) is 127 Å². The monoisotopic (exact) mass is 1050 g/mol. The Labute approximate surface area is 451 Å². The van der Waals surface area contributed by atoms with Crippen LogP contribution in [-0.4, -0.2) is 129 Å². The number of carbonyl (C=O) groups is 5. The van der Waals surface area contributed by atoms with E-state index >= 15 is 0 Å².